The summed E-state index contributed by atoms with van der Waals surface area (Å²) < 4.78 is 27.0. The minimum absolute atomic E-state index is 0.00464. The Kier molecular flexibility index (Phi) is 5.59. The average molecular weight is 423 g/mol. The number of nitrogens with one attached hydrogen (secondary N) is 2. The number of rotatable bonds is 5. The van der Waals surface area contributed by atoms with Crippen molar-refractivity contribution in [1.82, 2.24) is 10.2 Å². The fourth-order valence-corrected chi connectivity index (χ4v) is 3.45. The van der Waals surface area contributed by atoms with Gasteiger partial charge in [-0.05, 0) is 48.5 Å². The summed E-state index contributed by atoms with van der Waals surface area (Å²) in [4.78, 5) is 12.2. The number of anilines is 2. The van der Waals surface area contributed by atoms with Crippen molar-refractivity contribution in [2.24, 2.45) is 0 Å². The minimum Gasteiger partial charge on any atom is -0.322 e. The Morgan fingerprint density at radius 3 is 2.22 bits per heavy atom. The van der Waals surface area contributed by atoms with Crippen molar-refractivity contribution in [3.63, 3.8) is 0 Å². The first-order valence-corrected chi connectivity index (χ1v) is 9.77. The van der Waals surface area contributed by atoms with E-state index >= 15 is 0 Å². The van der Waals surface area contributed by atoms with Gasteiger partial charge in [0.15, 0.2) is 11.0 Å². The molecule has 0 saturated carbocycles. The zero-order chi connectivity index (χ0) is 19.4. The van der Waals surface area contributed by atoms with E-state index in [4.69, 9.17) is 23.2 Å². The van der Waals surface area contributed by atoms with E-state index in [1.807, 2.05) is 0 Å². The smallest absolute Gasteiger partial charge is 0.263 e. The maximum absolute atomic E-state index is 12.4. The minimum atomic E-state index is -3.86. The third kappa shape index (κ3) is 4.73. The van der Waals surface area contributed by atoms with Crippen LogP contribution in [0.3, 0.4) is 0 Å². The number of aromatic nitrogens is 2. The number of hydrogen-bond acceptors (Lipinski definition) is 5. The lowest BCUT2D eigenvalue weighted by Crippen LogP contribution is -2.15. The molecule has 0 spiro atoms. The van der Waals surface area contributed by atoms with Gasteiger partial charge in [-0.3, -0.25) is 9.52 Å². The average Bonchev–Trinajstić information content (AvgIpc) is 2.64. The van der Waals surface area contributed by atoms with Crippen LogP contribution in [-0.4, -0.2) is 24.5 Å². The Morgan fingerprint density at radius 1 is 0.889 bits per heavy atom. The predicted molar refractivity (Wildman–Crippen MR) is 104 cm³/mol. The highest BCUT2D eigenvalue weighted by Gasteiger charge is 2.16. The number of amides is 1. The van der Waals surface area contributed by atoms with Gasteiger partial charge in [-0.25, -0.2) is 8.42 Å². The maximum Gasteiger partial charge on any atom is 0.263 e. The highest BCUT2D eigenvalue weighted by molar-refractivity contribution is 7.92. The van der Waals surface area contributed by atoms with E-state index in [9.17, 15) is 13.2 Å². The van der Waals surface area contributed by atoms with Gasteiger partial charge in [0, 0.05) is 5.69 Å². The quantitative estimate of drug-likeness (QED) is 0.650. The van der Waals surface area contributed by atoms with Crippen LogP contribution < -0.4 is 10.0 Å². The normalized spacial score (nSPS) is 11.0. The predicted octanol–water partition coefficient (Wildman–Crippen LogP) is 3.84. The molecule has 1 heterocycles. The number of benzene rings is 2. The van der Waals surface area contributed by atoms with Gasteiger partial charge in [-0.2, -0.15) is 0 Å². The Morgan fingerprint density at radius 2 is 1.59 bits per heavy atom. The Labute approximate surface area is 165 Å². The third-order valence-corrected chi connectivity index (χ3v) is 5.31. The number of halogens is 2. The lowest BCUT2D eigenvalue weighted by Gasteiger charge is -2.09. The van der Waals surface area contributed by atoms with Gasteiger partial charge in [0.1, 0.15) is 0 Å². The van der Waals surface area contributed by atoms with E-state index in [1.54, 1.807) is 24.3 Å². The second kappa shape index (κ2) is 7.91. The molecule has 0 aliphatic carbocycles. The molecule has 0 radical (unpaired) electrons. The van der Waals surface area contributed by atoms with Crippen molar-refractivity contribution >= 4 is 50.6 Å². The van der Waals surface area contributed by atoms with E-state index in [0.717, 1.165) is 0 Å². The number of nitrogens with zero attached hydrogens (tertiary/aromatic N) is 2. The molecule has 0 saturated heterocycles. The van der Waals surface area contributed by atoms with Crippen LogP contribution >= 0.6 is 23.2 Å². The molecule has 7 nitrogen and oxygen atoms in total. The summed E-state index contributed by atoms with van der Waals surface area (Å²) in [6.07, 6.45) is 0. The molecule has 1 amide bonds. The molecule has 0 bridgehead atoms. The van der Waals surface area contributed by atoms with Gasteiger partial charge in [0.2, 0.25) is 0 Å². The molecule has 138 valence electrons. The van der Waals surface area contributed by atoms with Gasteiger partial charge in [-0.1, -0.05) is 35.3 Å². The zero-order valence-corrected chi connectivity index (χ0v) is 15.9. The largest absolute Gasteiger partial charge is 0.322 e. The molecule has 2 aromatic carbocycles. The number of carbonyl (C=O) groups is 1. The monoisotopic (exact) mass is 422 g/mol. The molecule has 0 aliphatic heterocycles. The molecule has 0 aliphatic rings. The van der Waals surface area contributed by atoms with E-state index < -0.39 is 15.9 Å². The molecule has 10 heteroatoms. The Balaban J connectivity index is 1.73. The molecule has 2 N–H and O–H groups in total. The van der Waals surface area contributed by atoms with E-state index in [2.05, 4.69) is 20.2 Å². The van der Waals surface area contributed by atoms with Crippen LogP contribution in [0, 0.1) is 0 Å². The van der Waals surface area contributed by atoms with E-state index in [0.29, 0.717) is 16.3 Å². The first-order chi connectivity index (χ1) is 12.8. The number of hydrogen-bond donors (Lipinski definition) is 2. The standard InChI is InChI=1S/C17H12Cl2N4O3S/c18-14-4-2-1-3-13(14)17(24)20-11-5-7-12(8-6-11)27(25,26)23-16-10-9-15(19)21-22-16/h1-10H,(H,20,24)(H,22,23). The summed E-state index contributed by atoms with van der Waals surface area (Å²) in [6.45, 7) is 0. The Hall–Kier alpha value is -2.68. The van der Waals surface area contributed by atoms with Crippen LogP contribution in [0.1, 0.15) is 10.4 Å². The molecule has 0 fully saturated rings. The fraction of sp³-hybridized carbons (Fsp3) is 0. The summed E-state index contributed by atoms with van der Waals surface area (Å²) >= 11 is 11.6. The molecular weight excluding hydrogens is 411 g/mol. The number of sulfonamides is 1. The fourth-order valence-electron chi connectivity index (χ4n) is 2.13. The SMILES string of the molecule is O=C(Nc1ccc(S(=O)(=O)Nc2ccc(Cl)nn2)cc1)c1ccccc1Cl. The van der Waals surface area contributed by atoms with Crippen LogP contribution in [0.2, 0.25) is 10.2 Å². The van der Waals surface area contributed by atoms with Crippen molar-refractivity contribution in [2.45, 2.75) is 4.90 Å². The molecule has 1 aromatic heterocycles. The van der Waals surface area contributed by atoms with Crippen LogP contribution in [0.4, 0.5) is 11.5 Å². The lowest BCUT2D eigenvalue weighted by atomic mass is 10.2. The van der Waals surface area contributed by atoms with Gasteiger partial charge in [0.05, 0.1) is 15.5 Å². The van der Waals surface area contributed by atoms with Crippen LogP contribution in [-0.2, 0) is 10.0 Å². The van der Waals surface area contributed by atoms with Crippen LogP contribution in [0.5, 0.6) is 0 Å². The van der Waals surface area contributed by atoms with Crippen molar-refractivity contribution < 1.29 is 13.2 Å². The van der Waals surface area contributed by atoms with Gasteiger partial charge >= 0.3 is 0 Å². The maximum atomic E-state index is 12.4. The van der Waals surface area contributed by atoms with Gasteiger partial charge in [0.25, 0.3) is 15.9 Å². The topological polar surface area (TPSA) is 101 Å². The second-order valence-corrected chi connectivity index (χ2v) is 7.78. The van der Waals surface area contributed by atoms with E-state index in [-0.39, 0.29) is 15.9 Å². The highest BCUT2D eigenvalue weighted by Crippen LogP contribution is 2.20. The van der Waals surface area contributed by atoms with Gasteiger partial charge in [-0.15, -0.1) is 10.2 Å². The summed E-state index contributed by atoms with van der Waals surface area (Å²) in [5.41, 5.74) is 0.740. The molecule has 0 unspecified atom stereocenters. The number of carbonyl (C=O) groups excluding carboxylic acids is 1. The first-order valence-electron chi connectivity index (χ1n) is 7.53. The summed E-state index contributed by atoms with van der Waals surface area (Å²) in [5.74, 6) is -0.360. The lowest BCUT2D eigenvalue weighted by molar-refractivity contribution is 0.102. The van der Waals surface area contributed by atoms with Gasteiger partial charge < -0.3 is 5.32 Å². The molecule has 0 atom stereocenters. The third-order valence-electron chi connectivity index (χ3n) is 3.41. The molecule has 27 heavy (non-hydrogen) atoms. The molecule has 3 aromatic rings. The summed E-state index contributed by atoms with van der Waals surface area (Å²) in [5, 5.41) is 10.3. The second-order valence-electron chi connectivity index (χ2n) is 5.31. The van der Waals surface area contributed by atoms with Crippen molar-refractivity contribution in [3.8, 4) is 0 Å². The van der Waals surface area contributed by atoms with Crippen molar-refractivity contribution in [3.05, 3.63) is 76.4 Å². The van der Waals surface area contributed by atoms with Crippen LogP contribution in [0.15, 0.2) is 65.6 Å². The zero-order valence-electron chi connectivity index (χ0n) is 13.6. The first kappa shape index (κ1) is 19.1. The molecular formula is C17H12Cl2N4O3S. The van der Waals surface area contributed by atoms with E-state index in [1.165, 1.54) is 36.4 Å². The van der Waals surface area contributed by atoms with Crippen LogP contribution in [0.25, 0.3) is 0 Å². The highest BCUT2D eigenvalue weighted by atomic mass is 35.5. The van der Waals surface area contributed by atoms with Crippen molar-refractivity contribution in [2.75, 3.05) is 10.0 Å². The van der Waals surface area contributed by atoms with Crippen molar-refractivity contribution in [1.29, 1.82) is 0 Å². The Bertz CT molecular complexity index is 1070. The summed E-state index contributed by atoms with van der Waals surface area (Å²) in [6, 6.07) is 15.1. The summed E-state index contributed by atoms with van der Waals surface area (Å²) in [7, 11) is -3.86. The molecule has 3 rings (SSSR count).